The molecule has 1 aliphatic rings. The number of nitrogens with zero attached hydrogens (tertiary/aromatic N) is 3. The Morgan fingerprint density at radius 1 is 1.47 bits per heavy atom. The zero-order chi connectivity index (χ0) is 12.1. The van der Waals surface area contributed by atoms with Crippen LogP contribution < -0.4 is 11.1 Å². The van der Waals surface area contributed by atoms with E-state index in [2.05, 4.69) is 15.3 Å². The maximum absolute atomic E-state index is 11.8. The van der Waals surface area contributed by atoms with Crippen molar-refractivity contribution in [3.05, 3.63) is 12.4 Å². The number of aromatic nitrogens is 2. The molecule has 1 aromatic rings. The Kier molecular flexibility index (Phi) is 3.71. The molecule has 0 aromatic carbocycles. The van der Waals surface area contributed by atoms with E-state index in [4.69, 9.17) is 10.5 Å². The van der Waals surface area contributed by atoms with Gasteiger partial charge in [0.05, 0.1) is 32.2 Å². The Morgan fingerprint density at radius 2 is 2.24 bits per heavy atom. The molecule has 0 bridgehead atoms. The molecule has 92 valence electrons. The Hall–Kier alpha value is -1.89. The van der Waals surface area contributed by atoms with Crippen LogP contribution in [0.25, 0.3) is 0 Å². The number of carbonyl (C=O) groups is 1. The van der Waals surface area contributed by atoms with Crippen molar-refractivity contribution in [2.24, 2.45) is 0 Å². The normalized spacial score (nSPS) is 15.6. The minimum absolute atomic E-state index is 0.0255. The van der Waals surface area contributed by atoms with Crippen LogP contribution >= 0.6 is 0 Å². The minimum atomic E-state index is 0.0255. The highest BCUT2D eigenvalue weighted by Gasteiger charge is 2.16. The molecule has 17 heavy (non-hydrogen) atoms. The van der Waals surface area contributed by atoms with Crippen molar-refractivity contribution < 1.29 is 9.53 Å². The molecule has 0 unspecified atom stereocenters. The fourth-order valence-corrected chi connectivity index (χ4v) is 1.56. The number of anilines is 2. The predicted molar refractivity (Wildman–Crippen MR) is 62.3 cm³/mol. The van der Waals surface area contributed by atoms with E-state index in [1.807, 2.05) is 0 Å². The molecule has 3 N–H and O–H groups in total. The van der Waals surface area contributed by atoms with E-state index < -0.39 is 0 Å². The lowest BCUT2D eigenvalue weighted by Crippen LogP contribution is -2.43. The first-order valence-corrected chi connectivity index (χ1v) is 5.42. The first-order chi connectivity index (χ1) is 8.25. The third kappa shape index (κ3) is 3.28. The molecule has 2 heterocycles. The van der Waals surface area contributed by atoms with Crippen LogP contribution in [0.4, 0.5) is 11.6 Å². The maximum atomic E-state index is 11.8. The molecule has 1 aromatic heterocycles. The quantitative estimate of drug-likeness (QED) is 0.724. The Labute approximate surface area is 99.0 Å². The molecule has 0 saturated carbocycles. The van der Waals surface area contributed by atoms with Gasteiger partial charge in [0.1, 0.15) is 11.6 Å². The Balaban J connectivity index is 1.83. The van der Waals surface area contributed by atoms with Gasteiger partial charge in [-0.2, -0.15) is 0 Å². The smallest absolute Gasteiger partial charge is 0.242 e. The second-order valence-electron chi connectivity index (χ2n) is 3.68. The average molecular weight is 237 g/mol. The number of amides is 1. The lowest BCUT2D eigenvalue weighted by molar-refractivity contribution is -0.133. The van der Waals surface area contributed by atoms with Gasteiger partial charge in [-0.3, -0.25) is 9.78 Å². The van der Waals surface area contributed by atoms with E-state index in [1.54, 1.807) is 4.90 Å². The second-order valence-corrected chi connectivity index (χ2v) is 3.68. The summed E-state index contributed by atoms with van der Waals surface area (Å²) in [4.78, 5) is 21.4. The van der Waals surface area contributed by atoms with Crippen molar-refractivity contribution >= 4 is 17.5 Å². The summed E-state index contributed by atoms with van der Waals surface area (Å²) in [5.74, 6) is 0.859. The lowest BCUT2D eigenvalue weighted by atomic mass is 10.4. The standard InChI is InChI=1S/C10H15N5O2/c11-8-5-12-6-9(14-8)13-7-10(16)15-1-3-17-4-2-15/h5-6H,1-4,7H2,(H3,11,13,14). The number of carbonyl (C=O) groups excluding carboxylic acids is 1. The number of hydrogen-bond donors (Lipinski definition) is 2. The number of nitrogen functional groups attached to an aromatic ring is 1. The zero-order valence-electron chi connectivity index (χ0n) is 9.43. The third-order valence-electron chi connectivity index (χ3n) is 2.44. The summed E-state index contributed by atoms with van der Waals surface area (Å²) in [7, 11) is 0. The molecule has 0 radical (unpaired) electrons. The van der Waals surface area contributed by atoms with Crippen LogP contribution in [0.5, 0.6) is 0 Å². The summed E-state index contributed by atoms with van der Waals surface area (Å²) < 4.78 is 5.18. The monoisotopic (exact) mass is 237 g/mol. The van der Waals surface area contributed by atoms with Gasteiger partial charge in [0, 0.05) is 13.1 Å². The van der Waals surface area contributed by atoms with E-state index in [0.717, 1.165) is 0 Å². The highest BCUT2D eigenvalue weighted by Crippen LogP contribution is 2.03. The van der Waals surface area contributed by atoms with Gasteiger partial charge in [0.15, 0.2) is 0 Å². The molecule has 7 heteroatoms. The van der Waals surface area contributed by atoms with E-state index in [9.17, 15) is 4.79 Å². The third-order valence-corrected chi connectivity index (χ3v) is 2.44. The van der Waals surface area contributed by atoms with Crippen LogP contribution in [-0.4, -0.2) is 53.6 Å². The van der Waals surface area contributed by atoms with Crippen molar-refractivity contribution in [2.75, 3.05) is 43.9 Å². The van der Waals surface area contributed by atoms with Crippen molar-refractivity contribution in [2.45, 2.75) is 0 Å². The van der Waals surface area contributed by atoms with Crippen molar-refractivity contribution in [3.63, 3.8) is 0 Å². The number of ether oxygens (including phenoxy) is 1. The summed E-state index contributed by atoms with van der Waals surface area (Å²) >= 11 is 0. The van der Waals surface area contributed by atoms with Gasteiger partial charge in [0.25, 0.3) is 0 Å². The molecule has 0 aliphatic carbocycles. The molecule has 0 spiro atoms. The average Bonchev–Trinajstić information content (AvgIpc) is 2.37. The van der Waals surface area contributed by atoms with E-state index in [1.165, 1.54) is 12.4 Å². The van der Waals surface area contributed by atoms with Gasteiger partial charge < -0.3 is 20.7 Å². The largest absolute Gasteiger partial charge is 0.382 e. The SMILES string of the molecule is Nc1cncc(NCC(=O)N2CCOCC2)n1. The van der Waals surface area contributed by atoms with E-state index >= 15 is 0 Å². The lowest BCUT2D eigenvalue weighted by Gasteiger charge is -2.26. The molecule has 0 atom stereocenters. The van der Waals surface area contributed by atoms with E-state index in [-0.39, 0.29) is 12.5 Å². The van der Waals surface area contributed by atoms with Gasteiger partial charge in [-0.15, -0.1) is 0 Å². The number of rotatable bonds is 3. The van der Waals surface area contributed by atoms with Crippen molar-refractivity contribution in [3.8, 4) is 0 Å². The highest BCUT2D eigenvalue weighted by molar-refractivity contribution is 5.80. The highest BCUT2D eigenvalue weighted by atomic mass is 16.5. The molecule has 1 fully saturated rings. The Morgan fingerprint density at radius 3 is 2.94 bits per heavy atom. The number of hydrogen-bond acceptors (Lipinski definition) is 6. The zero-order valence-corrected chi connectivity index (χ0v) is 9.43. The van der Waals surface area contributed by atoms with Crippen molar-refractivity contribution in [1.29, 1.82) is 0 Å². The van der Waals surface area contributed by atoms with Gasteiger partial charge in [-0.05, 0) is 0 Å². The second kappa shape index (κ2) is 5.44. The van der Waals surface area contributed by atoms with E-state index in [0.29, 0.717) is 37.9 Å². The fourth-order valence-electron chi connectivity index (χ4n) is 1.56. The number of morpholine rings is 1. The van der Waals surface area contributed by atoms with Gasteiger partial charge in [0.2, 0.25) is 5.91 Å². The molecule has 1 aliphatic heterocycles. The molecular weight excluding hydrogens is 222 g/mol. The summed E-state index contributed by atoms with van der Waals surface area (Å²) in [6.07, 6.45) is 2.98. The first-order valence-electron chi connectivity index (χ1n) is 5.42. The van der Waals surface area contributed by atoms with Crippen LogP contribution in [0.3, 0.4) is 0 Å². The molecule has 2 rings (SSSR count). The summed E-state index contributed by atoms with van der Waals surface area (Å²) in [6.45, 7) is 2.68. The maximum Gasteiger partial charge on any atom is 0.242 e. The molecular formula is C10H15N5O2. The predicted octanol–water partition coefficient (Wildman–Crippen LogP) is -0.671. The summed E-state index contributed by atoms with van der Waals surface area (Å²) in [5, 5.41) is 2.90. The van der Waals surface area contributed by atoms with Crippen LogP contribution in [0, 0.1) is 0 Å². The summed E-state index contributed by atoms with van der Waals surface area (Å²) in [5.41, 5.74) is 5.48. The first kappa shape index (κ1) is 11.6. The fraction of sp³-hybridized carbons (Fsp3) is 0.500. The molecule has 1 amide bonds. The number of nitrogens with one attached hydrogen (secondary N) is 1. The minimum Gasteiger partial charge on any atom is -0.382 e. The molecule has 7 nitrogen and oxygen atoms in total. The van der Waals surface area contributed by atoms with Crippen LogP contribution in [0.1, 0.15) is 0 Å². The van der Waals surface area contributed by atoms with Gasteiger partial charge in [-0.25, -0.2) is 4.98 Å². The molecule has 1 saturated heterocycles. The van der Waals surface area contributed by atoms with Gasteiger partial charge in [-0.1, -0.05) is 0 Å². The topological polar surface area (TPSA) is 93.4 Å². The summed E-state index contributed by atoms with van der Waals surface area (Å²) in [6, 6.07) is 0. The van der Waals surface area contributed by atoms with Crippen LogP contribution in [0.2, 0.25) is 0 Å². The number of nitrogens with two attached hydrogens (primary N) is 1. The van der Waals surface area contributed by atoms with Crippen LogP contribution in [-0.2, 0) is 9.53 Å². The van der Waals surface area contributed by atoms with Crippen LogP contribution in [0.15, 0.2) is 12.4 Å². The van der Waals surface area contributed by atoms with Crippen molar-refractivity contribution in [1.82, 2.24) is 14.9 Å². The van der Waals surface area contributed by atoms with Gasteiger partial charge >= 0.3 is 0 Å². The Bertz CT molecular complexity index is 392.